The minimum absolute atomic E-state index is 0.214. The third-order valence-corrected chi connectivity index (χ3v) is 1.54. The van der Waals surface area contributed by atoms with Crippen LogP contribution in [0, 0.1) is 0 Å². The van der Waals surface area contributed by atoms with Crippen molar-refractivity contribution in [3.63, 3.8) is 0 Å². The van der Waals surface area contributed by atoms with Crippen molar-refractivity contribution in [3.8, 4) is 0 Å². The first-order valence-corrected chi connectivity index (χ1v) is 4.91. The molecular weight excluding hydrogens is 178 g/mol. The number of nitrogens with one attached hydrogen (secondary N) is 1. The SMILES string of the molecule is C=CCC(C)NCC(=O)OC(C)(C)C. The van der Waals surface area contributed by atoms with Gasteiger partial charge in [0, 0.05) is 6.04 Å². The van der Waals surface area contributed by atoms with Gasteiger partial charge in [0.2, 0.25) is 0 Å². The van der Waals surface area contributed by atoms with Gasteiger partial charge < -0.3 is 10.1 Å². The van der Waals surface area contributed by atoms with Crippen LogP contribution in [0.4, 0.5) is 0 Å². The fraction of sp³-hybridized carbons (Fsp3) is 0.727. The summed E-state index contributed by atoms with van der Waals surface area (Å²) in [7, 11) is 0. The Morgan fingerprint density at radius 3 is 2.57 bits per heavy atom. The van der Waals surface area contributed by atoms with Crippen molar-refractivity contribution >= 4 is 5.97 Å². The monoisotopic (exact) mass is 199 g/mol. The molecular formula is C11H21NO2. The van der Waals surface area contributed by atoms with Gasteiger partial charge in [-0.15, -0.1) is 6.58 Å². The minimum atomic E-state index is -0.402. The molecule has 1 unspecified atom stereocenters. The number of esters is 1. The molecule has 0 amide bonds. The summed E-state index contributed by atoms with van der Waals surface area (Å²) >= 11 is 0. The molecule has 0 aromatic rings. The number of carbonyl (C=O) groups excluding carboxylic acids is 1. The molecule has 0 aromatic carbocycles. The second-order valence-electron chi connectivity index (χ2n) is 4.39. The van der Waals surface area contributed by atoms with E-state index >= 15 is 0 Å². The molecule has 0 radical (unpaired) electrons. The first kappa shape index (κ1) is 13.2. The second kappa shape index (κ2) is 5.81. The molecule has 0 rings (SSSR count). The van der Waals surface area contributed by atoms with Gasteiger partial charge in [0.15, 0.2) is 0 Å². The summed E-state index contributed by atoms with van der Waals surface area (Å²) in [5.41, 5.74) is -0.402. The van der Waals surface area contributed by atoms with E-state index in [1.165, 1.54) is 0 Å². The average Bonchev–Trinajstić information content (AvgIpc) is 1.98. The Bertz CT molecular complexity index is 194. The largest absolute Gasteiger partial charge is 0.459 e. The molecule has 0 spiro atoms. The van der Waals surface area contributed by atoms with Crippen LogP contribution in [0.5, 0.6) is 0 Å². The Balaban J connectivity index is 3.69. The van der Waals surface area contributed by atoms with Crippen LogP contribution in [-0.2, 0) is 9.53 Å². The molecule has 0 fully saturated rings. The van der Waals surface area contributed by atoms with Crippen molar-refractivity contribution in [2.45, 2.75) is 45.8 Å². The molecule has 1 N–H and O–H groups in total. The molecule has 82 valence electrons. The van der Waals surface area contributed by atoms with Crippen molar-refractivity contribution in [3.05, 3.63) is 12.7 Å². The molecule has 0 bridgehead atoms. The molecule has 14 heavy (non-hydrogen) atoms. The van der Waals surface area contributed by atoms with Crippen LogP contribution in [-0.4, -0.2) is 24.2 Å². The third kappa shape index (κ3) is 7.80. The highest BCUT2D eigenvalue weighted by Crippen LogP contribution is 2.06. The molecule has 3 heteroatoms. The summed E-state index contributed by atoms with van der Waals surface area (Å²) < 4.78 is 5.14. The Hall–Kier alpha value is -0.830. The first-order valence-electron chi connectivity index (χ1n) is 4.91. The smallest absolute Gasteiger partial charge is 0.320 e. The standard InChI is InChI=1S/C11H21NO2/c1-6-7-9(2)12-8-10(13)14-11(3,4)5/h6,9,12H,1,7-8H2,2-5H3. The van der Waals surface area contributed by atoms with Gasteiger partial charge in [-0.25, -0.2) is 0 Å². The quantitative estimate of drug-likeness (QED) is 0.542. The Kier molecular flexibility index (Phi) is 5.46. The van der Waals surface area contributed by atoms with Crippen LogP contribution in [0.1, 0.15) is 34.1 Å². The number of carbonyl (C=O) groups is 1. The zero-order chi connectivity index (χ0) is 11.2. The zero-order valence-electron chi connectivity index (χ0n) is 9.59. The molecule has 0 aliphatic rings. The predicted molar refractivity (Wildman–Crippen MR) is 58.1 cm³/mol. The van der Waals surface area contributed by atoms with E-state index in [1.807, 2.05) is 33.8 Å². The lowest BCUT2D eigenvalue weighted by Crippen LogP contribution is -2.35. The Morgan fingerprint density at radius 2 is 2.14 bits per heavy atom. The van der Waals surface area contributed by atoms with E-state index in [0.29, 0.717) is 0 Å². The first-order chi connectivity index (χ1) is 6.35. The van der Waals surface area contributed by atoms with E-state index in [1.54, 1.807) is 0 Å². The molecule has 0 saturated carbocycles. The lowest BCUT2D eigenvalue weighted by atomic mass is 10.2. The van der Waals surface area contributed by atoms with Gasteiger partial charge in [-0.3, -0.25) is 4.79 Å². The maximum absolute atomic E-state index is 11.3. The third-order valence-electron chi connectivity index (χ3n) is 1.54. The van der Waals surface area contributed by atoms with Crippen molar-refractivity contribution in [1.29, 1.82) is 0 Å². The fourth-order valence-electron chi connectivity index (χ4n) is 0.968. The van der Waals surface area contributed by atoms with Crippen LogP contribution in [0.2, 0.25) is 0 Å². The summed E-state index contributed by atoms with van der Waals surface area (Å²) in [4.78, 5) is 11.3. The summed E-state index contributed by atoms with van der Waals surface area (Å²) in [5.74, 6) is -0.214. The highest BCUT2D eigenvalue weighted by Gasteiger charge is 2.16. The zero-order valence-corrected chi connectivity index (χ0v) is 9.59. The van der Waals surface area contributed by atoms with Crippen molar-refractivity contribution in [2.75, 3.05) is 6.54 Å². The molecule has 0 aliphatic heterocycles. The maximum Gasteiger partial charge on any atom is 0.320 e. The number of rotatable bonds is 5. The maximum atomic E-state index is 11.3. The van der Waals surface area contributed by atoms with Crippen LogP contribution >= 0.6 is 0 Å². The van der Waals surface area contributed by atoms with E-state index in [0.717, 1.165) is 6.42 Å². The lowest BCUT2D eigenvalue weighted by Gasteiger charge is -2.20. The molecule has 0 aromatic heterocycles. The number of ether oxygens (including phenoxy) is 1. The fourth-order valence-corrected chi connectivity index (χ4v) is 0.968. The number of hydrogen-bond donors (Lipinski definition) is 1. The van der Waals surface area contributed by atoms with Gasteiger partial charge in [-0.2, -0.15) is 0 Å². The predicted octanol–water partition coefficient (Wildman–Crippen LogP) is 1.88. The minimum Gasteiger partial charge on any atom is -0.459 e. The van der Waals surface area contributed by atoms with E-state index < -0.39 is 5.60 Å². The van der Waals surface area contributed by atoms with Crippen molar-refractivity contribution < 1.29 is 9.53 Å². The molecule has 0 saturated heterocycles. The van der Waals surface area contributed by atoms with Crippen LogP contribution in [0.25, 0.3) is 0 Å². The second-order valence-corrected chi connectivity index (χ2v) is 4.39. The Morgan fingerprint density at radius 1 is 1.57 bits per heavy atom. The van der Waals surface area contributed by atoms with Gasteiger partial charge in [0.05, 0.1) is 6.54 Å². The summed E-state index contributed by atoms with van der Waals surface area (Å²) in [6.45, 7) is 11.5. The molecule has 0 aliphatic carbocycles. The topological polar surface area (TPSA) is 38.3 Å². The van der Waals surface area contributed by atoms with Crippen LogP contribution in [0.15, 0.2) is 12.7 Å². The van der Waals surface area contributed by atoms with Crippen LogP contribution in [0.3, 0.4) is 0 Å². The van der Waals surface area contributed by atoms with E-state index in [9.17, 15) is 4.79 Å². The van der Waals surface area contributed by atoms with Gasteiger partial charge in [-0.05, 0) is 34.1 Å². The van der Waals surface area contributed by atoms with Crippen molar-refractivity contribution in [1.82, 2.24) is 5.32 Å². The molecule has 3 nitrogen and oxygen atoms in total. The van der Waals surface area contributed by atoms with E-state index in [2.05, 4.69) is 11.9 Å². The van der Waals surface area contributed by atoms with Gasteiger partial charge in [0.1, 0.15) is 5.60 Å². The van der Waals surface area contributed by atoms with E-state index in [-0.39, 0.29) is 18.6 Å². The Labute approximate surface area is 86.5 Å². The molecule has 1 atom stereocenters. The summed E-state index contributed by atoms with van der Waals surface area (Å²) in [6.07, 6.45) is 2.68. The summed E-state index contributed by atoms with van der Waals surface area (Å²) in [6, 6.07) is 0.264. The highest BCUT2D eigenvalue weighted by molar-refractivity contribution is 5.72. The van der Waals surface area contributed by atoms with Gasteiger partial charge in [-0.1, -0.05) is 6.08 Å². The van der Waals surface area contributed by atoms with E-state index in [4.69, 9.17) is 4.74 Å². The van der Waals surface area contributed by atoms with Gasteiger partial charge >= 0.3 is 5.97 Å². The summed E-state index contributed by atoms with van der Waals surface area (Å²) in [5, 5.41) is 3.06. The van der Waals surface area contributed by atoms with Gasteiger partial charge in [0.25, 0.3) is 0 Å². The normalized spacial score (nSPS) is 13.4. The molecule has 0 heterocycles. The highest BCUT2D eigenvalue weighted by atomic mass is 16.6. The van der Waals surface area contributed by atoms with Crippen molar-refractivity contribution in [2.24, 2.45) is 0 Å². The number of hydrogen-bond acceptors (Lipinski definition) is 3. The lowest BCUT2D eigenvalue weighted by molar-refractivity contribution is -0.153. The van der Waals surface area contributed by atoms with Crippen LogP contribution < -0.4 is 5.32 Å². The average molecular weight is 199 g/mol.